The second kappa shape index (κ2) is 6.75. The number of allylic oxidation sites excluding steroid dienone is 2. The minimum atomic E-state index is -0.0389. The van der Waals surface area contributed by atoms with E-state index in [-0.39, 0.29) is 32.0 Å². The monoisotopic (exact) mass is 443 g/mol. The van der Waals surface area contributed by atoms with Crippen molar-refractivity contribution >= 4 is 9.15 Å². The van der Waals surface area contributed by atoms with E-state index in [2.05, 4.69) is 100 Å². The van der Waals surface area contributed by atoms with Gasteiger partial charge in [0.25, 0.3) is 0 Å². The molecule has 0 aliphatic carbocycles. The van der Waals surface area contributed by atoms with E-state index in [4.69, 9.17) is 0 Å². The van der Waals surface area contributed by atoms with E-state index in [9.17, 15) is 0 Å². The van der Waals surface area contributed by atoms with Crippen molar-refractivity contribution in [2.24, 2.45) is 0 Å². The van der Waals surface area contributed by atoms with Crippen LogP contribution in [0.2, 0.25) is 0 Å². The first-order chi connectivity index (χ1) is 11.7. The molecule has 0 radical (unpaired) electrons. The molecule has 0 nitrogen and oxygen atoms in total. The first kappa shape index (κ1) is 18.4. The van der Waals surface area contributed by atoms with Gasteiger partial charge in [-0.1, -0.05) is 0 Å². The Bertz CT molecular complexity index is 804. The van der Waals surface area contributed by atoms with Gasteiger partial charge in [-0.05, 0) is 0 Å². The number of halogens is 1. The summed E-state index contributed by atoms with van der Waals surface area (Å²) in [6.45, 7) is 13.6. The average molecular weight is 443 g/mol. The van der Waals surface area contributed by atoms with E-state index in [0.29, 0.717) is 0 Å². The first-order valence-corrected chi connectivity index (χ1v) is 11.2. The Hall–Kier alpha value is -1.35. The molecule has 3 rings (SSSR count). The molecule has 0 bridgehead atoms. The first-order valence-electron chi connectivity index (χ1n) is 8.92. The average Bonchev–Trinajstić information content (AvgIpc) is 3.03. The van der Waals surface area contributed by atoms with Gasteiger partial charge in [-0.25, -0.2) is 0 Å². The Balaban J connectivity index is 1.96. The Kier molecular flexibility index (Phi) is 4.98. The van der Waals surface area contributed by atoms with Crippen LogP contribution in [0.15, 0.2) is 58.7 Å². The fraction of sp³-hybridized carbons (Fsp3) is 0.333. The summed E-state index contributed by atoms with van der Waals surface area (Å²) in [5.41, 5.74) is 7.36. The molecule has 1 heterocycles. The van der Waals surface area contributed by atoms with Crippen molar-refractivity contribution in [3.63, 3.8) is 0 Å². The van der Waals surface area contributed by atoms with E-state index in [1.165, 1.54) is 27.8 Å². The van der Waals surface area contributed by atoms with Crippen LogP contribution < -0.4 is 21.2 Å². The summed E-state index contributed by atoms with van der Waals surface area (Å²) in [4.78, 5) is 0. The molecule has 0 saturated heterocycles. The van der Waals surface area contributed by atoms with E-state index in [0.717, 1.165) is 0 Å². The Morgan fingerprint density at radius 1 is 0.600 bits per heavy atom. The van der Waals surface area contributed by atoms with Gasteiger partial charge in [-0.15, -0.1) is 0 Å². The summed E-state index contributed by atoms with van der Waals surface area (Å²) in [5, 5.41) is 0. The molecule has 0 atom stereocenters. The molecule has 0 aromatic heterocycles. The fourth-order valence-electron chi connectivity index (χ4n) is 3.00. The topological polar surface area (TPSA) is 0 Å². The number of hydrogen-bond acceptors (Lipinski definition) is 0. The van der Waals surface area contributed by atoms with Crippen LogP contribution >= 0.6 is 0 Å². The summed E-state index contributed by atoms with van der Waals surface area (Å²) < 4.78 is 3.93. The van der Waals surface area contributed by atoms with Crippen molar-refractivity contribution < 1.29 is 21.2 Å². The van der Waals surface area contributed by atoms with Crippen molar-refractivity contribution in [1.29, 1.82) is 0 Å². The standard InChI is InChI=1S/C24H28I/c1-23(2,3)19-11-7-17(8-12-19)21-15-16-25-22(21)18-9-13-20(14-10-18)24(4,5)6/h7-16H,1-6H3/q-1. The van der Waals surface area contributed by atoms with Crippen molar-refractivity contribution in [2.75, 3.05) is 0 Å². The van der Waals surface area contributed by atoms with Gasteiger partial charge in [-0.3, -0.25) is 0 Å². The molecule has 0 spiro atoms. The van der Waals surface area contributed by atoms with Gasteiger partial charge in [0.05, 0.1) is 0 Å². The minimum absolute atomic E-state index is 0.0389. The molecular weight excluding hydrogens is 415 g/mol. The van der Waals surface area contributed by atoms with Crippen molar-refractivity contribution in [1.82, 2.24) is 0 Å². The van der Waals surface area contributed by atoms with E-state index in [1.807, 2.05) is 0 Å². The Morgan fingerprint density at radius 2 is 1.04 bits per heavy atom. The van der Waals surface area contributed by atoms with Gasteiger partial charge in [-0.2, -0.15) is 0 Å². The van der Waals surface area contributed by atoms with E-state index in [1.54, 1.807) is 3.58 Å². The van der Waals surface area contributed by atoms with Crippen molar-refractivity contribution in [3.8, 4) is 0 Å². The molecule has 1 heteroatoms. The zero-order valence-corrected chi connectivity index (χ0v) is 18.3. The second-order valence-electron chi connectivity index (χ2n) is 8.78. The van der Waals surface area contributed by atoms with E-state index < -0.39 is 0 Å². The Morgan fingerprint density at radius 3 is 1.48 bits per heavy atom. The zero-order chi connectivity index (χ0) is 18.2. The SMILES string of the molecule is CC(C)(C)c1ccc(C2=C(c3ccc(C(C)(C)C)cc3)[I-]C=C2)cc1. The summed E-state index contributed by atoms with van der Waals surface area (Å²) >= 11 is -0.0389. The summed E-state index contributed by atoms with van der Waals surface area (Å²) in [7, 11) is 0. The third-order valence-corrected chi connectivity index (χ3v) is 7.25. The van der Waals surface area contributed by atoms with Crippen molar-refractivity contribution in [2.45, 2.75) is 52.4 Å². The number of rotatable bonds is 2. The van der Waals surface area contributed by atoms with Gasteiger partial charge in [0, 0.05) is 0 Å². The molecule has 0 unspecified atom stereocenters. The second-order valence-corrected chi connectivity index (χ2v) is 11.2. The molecule has 2 aromatic carbocycles. The van der Waals surface area contributed by atoms with Gasteiger partial charge >= 0.3 is 164 Å². The molecule has 25 heavy (non-hydrogen) atoms. The quantitative estimate of drug-likeness (QED) is 0.621. The van der Waals surface area contributed by atoms with Crippen molar-refractivity contribution in [3.05, 3.63) is 80.9 Å². The normalized spacial score (nSPS) is 15.4. The van der Waals surface area contributed by atoms with Crippen LogP contribution in [0.4, 0.5) is 0 Å². The molecule has 0 saturated carbocycles. The molecule has 2 aromatic rings. The summed E-state index contributed by atoms with van der Waals surface area (Å²) in [6.07, 6.45) is 2.33. The molecule has 1 aliphatic heterocycles. The molecule has 0 amide bonds. The molecule has 1 aliphatic rings. The van der Waals surface area contributed by atoms with Crippen LogP contribution in [-0.2, 0) is 10.8 Å². The maximum absolute atomic E-state index is 2.39. The zero-order valence-electron chi connectivity index (χ0n) is 16.2. The van der Waals surface area contributed by atoms with Crippen LogP contribution in [0.25, 0.3) is 9.15 Å². The number of benzene rings is 2. The molecule has 0 N–H and O–H groups in total. The predicted octanol–water partition coefficient (Wildman–Crippen LogP) is 3.77. The third kappa shape index (κ3) is 4.08. The van der Waals surface area contributed by atoms with Crippen LogP contribution in [0.5, 0.6) is 0 Å². The molecular formula is C24H28I-. The molecule has 0 fully saturated rings. The predicted molar refractivity (Wildman–Crippen MR) is 106 cm³/mol. The summed E-state index contributed by atoms with van der Waals surface area (Å²) in [5.74, 6) is 0. The van der Waals surface area contributed by atoms with Crippen LogP contribution in [0.1, 0.15) is 63.8 Å². The van der Waals surface area contributed by atoms with E-state index >= 15 is 0 Å². The third-order valence-electron chi connectivity index (χ3n) is 4.70. The van der Waals surface area contributed by atoms with Gasteiger partial charge in [0.15, 0.2) is 0 Å². The van der Waals surface area contributed by atoms with Crippen LogP contribution in [0, 0.1) is 0 Å². The fourth-order valence-corrected chi connectivity index (χ4v) is 5.44. The van der Waals surface area contributed by atoms with Gasteiger partial charge in [0.2, 0.25) is 0 Å². The van der Waals surface area contributed by atoms with Crippen LogP contribution in [0.3, 0.4) is 0 Å². The Labute approximate surface area is 163 Å². The molecule has 132 valence electrons. The van der Waals surface area contributed by atoms with Crippen LogP contribution in [-0.4, -0.2) is 0 Å². The number of hydrogen-bond donors (Lipinski definition) is 0. The maximum atomic E-state index is 2.39. The van der Waals surface area contributed by atoms with Gasteiger partial charge in [0.1, 0.15) is 0 Å². The summed E-state index contributed by atoms with van der Waals surface area (Å²) in [6, 6.07) is 18.4. The van der Waals surface area contributed by atoms with Gasteiger partial charge < -0.3 is 0 Å².